The van der Waals surface area contributed by atoms with Gasteiger partial charge in [-0.15, -0.1) is 0 Å². The number of rotatable bonds is 44. The summed E-state index contributed by atoms with van der Waals surface area (Å²) in [5, 5.41) is 0. The summed E-state index contributed by atoms with van der Waals surface area (Å²) < 4.78 is 16.7. The van der Waals surface area contributed by atoms with Crippen LogP contribution in [0.15, 0.2) is 158 Å². The molecule has 0 heterocycles. The van der Waals surface area contributed by atoms with E-state index in [1.54, 1.807) is 0 Å². The van der Waals surface area contributed by atoms with E-state index in [4.69, 9.17) is 14.2 Å². The van der Waals surface area contributed by atoms with Gasteiger partial charge < -0.3 is 14.2 Å². The molecule has 0 amide bonds. The largest absolute Gasteiger partial charge is 0.462 e. The second kappa shape index (κ2) is 53.6. The molecule has 1 unspecified atom stereocenters. The molecule has 0 bridgehead atoms. The second-order valence-corrected chi connectivity index (χ2v) is 16.3. The summed E-state index contributed by atoms with van der Waals surface area (Å²) in [6, 6.07) is 0. The molecule has 0 aromatic rings. The third kappa shape index (κ3) is 51.9. The molecule has 6 nitrogen and oxygen atoms in total. The van der Waals surface area contributed by atoms with Gasteiger partial charge in [0.1, 0.15) is 13.2 Å². The van der Waals surface area contributed by atoms with E-state index in [0.29, 0.717) is 19.3 Å². The van der Waals surface area contributed by atoms with E-state index in [-0.39, 0.29) is 31.6 Å². The van der Waals surface area contributed by atoms with Crippen LogP contribution in [-0.4, -0.2) is 37.2 Å². The monoisotopic (exact) mass is 921 g/mol. The zero-order chi connectivity index (χ0) is 48.6. The van der Waals surface area contributed by atoms with E-state index in [2.05, 4.69) is 167 Å². The van der Waals surface area contributed by atoms with Crippen LogP contribution >= 0.6 is 0 Å². The van der Waals surface area contributed by atoms with Crippen LogP contribution in [0.4, 0.5) is 0 Å². The summed E-state index contributed by atoms with van der Waals surface area (Å²) in [6.45, 7) is 6.15. The Labute approximate surface area is 409 Å². The lowest BCUT2D eigenvalue weighted by molar-refractivity contribution is -0.166. The number of hydrogen-bond acceptors (Lipinski definition) is 6. The number of carbonyl (C=O) groups is 3. The molecular formula is C61H92O6. The Kier molecular flexibility index (Phi) is 49.7. The minimum absolute atomic E-state index is 0.137. The molecule has 0 radical (unpaired) electrons. The summed E-state index contributed by atoms with van der Waals surface area (Å²) in [5.41, 5.74) is 0. The van der Waals surface area contributed by atoms with Gasteiger partial charge >= 0.3 is 17.9 Å². The van der Waals surface area contributed by atoms with Crippen LogP contribution in [0.1, 0.15) is 188 Å². The summed E-state index contributed by atoms with van der Waals surface area (Å²) >= 11 is 0. The number of esters is 3. The van der Waals surface area contributed by atoms with Crippen LogP contribution < -0.4 is 0 Å². The van der Waals surface area contributed by atoms with Crippen LogP contribution in [0.25, 0.3) is 0 Å². The second-order valence-electron chi connectivity index (χ2n) is 16.3. The topological polar surface area (TPSA) is 78.9 Å². The molecule has 0 saturated heterocycles. The van der Waals surface area contributed by atoms with E-state index in [0.717, 1.165) is 141 Å². The van der Waals surface area contributed by atoms with Crippen LogP contribution in [0.5, 0.6) is 0 Å². The Morgan fingerprint density at radius 1 is 0.299 bits per heavy atom. The van der Waals surface area contributed by atoms with Crippen molar-refractivity contribution in [2.45, 2.75) is 194 Å². The summed E-state index contributed by atoms with van der Waals surface area (Å²) in [6.07, 6.45) is 78.2. The minimum Gasteiger partial charge on any atom is -0.462 e. The molecule has 0 aliphatic rings. The molecule has 67 heavy (non-hydrogen) atoms. The normalized spacial score (nSPS) is 13.4. The summed E-state index contributed by atoms with van der Waals surface area (Å²) in [4.78, 5) is 37.9. The van der Waals surface area contributed by atoms with E-state index >= 15 is 0 Å². The van der Waals surface area contributed by atoms with Crippen molar-refractivity contribution in [1.29, 1.82) is 0 Å². The van der Waals surface area contributed by atoms with Crippen molar-refractivity contribution < 1.29 is 28.6 Å². The fraction of sp³-hybridized carbons (Fsp3) is 0.525. The van der Waals surface area contributed by atoms with Crippen molar-refractivity contribution >= 4 is 17.9 Å². The molecule has 0 aromatic heterocycles. The van der Waals surface area contributed by atoms with Crippen molar-refractivity contribution in [3.63, 3.8) is 0 Å². The number of hydrogen-bond donors (Lipinski definition) is 0. The van der Waals surface area contributed by atoms with Crippen molar-refractivity contribution in [3.05, 3.63) is 158 Å². The summed E-state index contributed by atoms with van der Waals surface area (Å²) in [5.74, 6) is -1.09. The molecule has 0 fully saturated rings. The molecular weight excluding hydrogens is 829 g/mol. The molecule has 6 heteroatoms. The lowest BCUT2D eigenvalue weighted by atomic mass is 10.1. The molecule has 0 aromatic carbocycles. The van der Waals surface area contributed by atoms with E-state index in [1.807, 2.05) is 12.2 Å². The van der Waals surface area contributed by atoms with Gasteiger partial charge in [-0.3, -0.25) is 14.4 Å². The molecule has 0 aliphatic carbocycles. The highest BCUT2D eigenvalue weighted by atomic mass is 16.6. The molecule has 1 atom stereocenters. The van der Waals surface area contributed by atoms with Gasteiger partial charge in [0.25, 0.3) is 0 Å². The first-order valence-electron chi connectivity index (χ1n) is 26.0. The lowest BCUT2D eigenvalue weighted by Crippen LogP contribution is -2.30. The maximum absolute atomic E-state index is 12.7. The third-order valence-corrected chi connectivity index (χ3v) is 10.0. The highest BCUT2D eigenvalue weighted by Gasteiger charge is 2.19. The van der Waals surface area contributed by atoms with Gasteiger partial charge in [0.2, 0.25) is 0 Å². The molecule has 0 N–H and O–H groups in total. The number of carbonyl (C=O) groups excluding carboxylic acids is 3. The molecule has 0 saturated carbocycles. The number of ether oxygens (including phenoxy) is 3. The Bertz CT molecular complexity index is 1570. The van der Waals surface area contributed by atoms with Gasteiger partial charge in [-0.2, -0.15) is 0 Å². The maximum atomic E-state index is 12.7. The van der Waals surface area contributed by atoms with E-state index < -0.39 is 12.1 Å². The third-order valence-electron chi connectivity index (χ3n) is 10.0. The van der Waals surface area contributed by atoms with Gasteiger partial charge in [0.15, 0.2) is 6.10 Å². The van der Waals surface area contributed by atoms with Crippen molar-refractivity contribution in [3.8, 4) is 0 Å². The maximum Gasteiger partial charge on any atom is 0.306 e. The molecule has 0 aliphatic heterocycles. The van der Waals surface area contributed by atoms with Gasteiger partial charge in [-0.05, 0) is 128 Å². The van der Waals surface area contributed by atoms with Crippen LogP contribution in [0.2, 0.25) is 0 Å². The SMILES string of the molecule is CC/C=C\C/C=C\C/C=C\C/C=C\C/C=C\C/C=C\CCCCCCC(=O)OCC(COC(=O)CCCCC/C=C\C/C=C\C/C=C\CC)OC(=O)CC/C=C\C/C=C\C/C=C\C/C=C\CC. The van der Waals surface area contributed by atoms with Crippen molar-refractivity contribution in [1.82, 2.24) is 0 Å². The van der Waals surface area contributed by atoms with Gasteiger partial charge in [-0.1, -0.05) is 198 Å². The first-order valence-corrected chi connectivity index (χ1v) is 26.0. The smallest absolute Gasteiger partial charge is 0.306 e. The molecule has 0 rings (SSSR count). The molecule has 372 valence electrons. The first-order chi connectivity index (χ1) is 33.0. The van der Waals surface area contributed by atoms with Crippen LogP contribution in [0, 0.1) is 0 Å². The average Bonchev–Trinajstić information content (AvgIpc) is 3.33. The highest BCUT2D eigenvalue weighted by Crippen LogP contribution is 2.10. The molecule has 0 spiro atoms. The van der Waals surface area contributed by atoms with Gasteiger partial charge in [0.05, 0.1) is 0 Å². The first kappa shape index (κ1) is 62.0. The Morgan fingerprint density at radius 2 is 0.567 bits per heavy atom. The van der Waals surface area contributed by atoms with Crippen LogP contribution in [-0.2, 0) is 28.6 Å². The predicted molar refractivity (Wildman–Crippen MR) is 288 cm³/mol. The van der Waals surface area contributed by atoms with Crippen molar-refractivity contribution in [2.24, 2.45) is 0 Å². The summed E-state index contributed by atoms with van der Waals surface area (Å²) in [7, 11) is 0. The fourth-order valence-electron chi connectivity index (χ4n) is 6.24. The predicted octanol–water partition coefficient (Wildman–Crippen LogP) is 17.4. The Morgan fingerprint density at radius 3 is 0.896 bits per heavy atom. The quantitative estimate of drug-likeness (QED) is 0.0262. The fourth-order valence-corrected chi connectivity index (χ4v) is 6.24. The Balaban J connectivity index is 4.53. The van der Waals surface area contributed by atoms with Crippen LogP contribution in [0.3, 0.4) is 0 Å². The zero-order valence-corrected chi connectivity index (χ0v) is 42.3. The lowest BCUT2D eigenvalue weighted by Gasteiger charge is -2.18. The van der Waals surface area contributed by atoms with Gasteiger partial charge in [-0.25, -0.2) is 0 Å². The standard InChI is InChI=1S/C61H92O6/c1-4-7-10-13-16-19-22-25-26-27-28-29-30-31-32-33-34-37-39-42-45-48-51-54-60(63)66-57-58(67-61(64)55-52-49-46-43-40-36-24-21-18-15-12-9-6-3)56-65-59(62)53-50-47-44-41-38-35-23-20-17-14-11-8-5-2/h7-12,16-21,25-26,28-29,31-32,34-38,40,46,49,58H,4-6,13-15,22-24,27,30,33,39,41-45,47-48,50-57H2,1-3H3/b10-7-,11-8-,12-9-,19-16-,20-17-,21-18-,26-25-,29-28-,32-31-,37-34-,38-35-,40-36-,49-46-. The minimum atomic E-state index is -0.846. The number of unbranched alkanes of at least 4 members (excludes halogenated alkanes) is 7. The average molecular weight is 921 g/mol. The highest BCUT2D eigenvalue weighted by molar-refractivity contribution is 5.71. The van der Waals surface area contributed by atoms with Gasteiger partial charge in [0, 0.05) is 19.3 Å². The van der Waals surface area contributed by atoms with Crippen molar-refractivity contribution in [2.75, 3.05) is 13.2 Å². The van der Waals surface area contributed by atoms with E-state index in [1.165, 1.54) is 0 Å². The zero-order valence-electron chi connectivity index (χ0n) is 42.3. The van der Waals surface area contributed by atoms with E-state index in [9.17, 15) is 14.4 Å². The Hall–Kier alpha value is -4.97. The number of allylic oxidation sites excluding steroid dienone is 26.